The Labute approximate surface area is 98.4 Å². The number of piperidine rings is 1. The highest BCUT2D eigenvalue weighted by Crippen LogP contribution is 2.18. The van der Waals surface area contributed by atoms with E-state index >= 15 is 0 Å². The Bertz CT molecular complexity index is 320. The maximum Gasteiger partial charge on any atom is 0.0349 e. The van der Waals surface area contributed by atoms with Gasteiger partial charge < -0.3 is 10.6 Å². The van der Waals surface area contributed by atoms with Crippen LogP contribution in [0.2, 0.25) is 0 Å². The van der Waals surface area contributed by atoms with E-state index in [2.05, 4.69) is 17.9 Å². The van der Waals surface area contributed by atoms with Crippen LogP contribution in [0.25, 0.3) is 0 Å². The zero-order valence-corrected chi connectivity index (χ0v) is 10.2. The van der Waals surface area contributed by atoms with Crippen LogP contribution < -0.4 is 5.73 Å². The molecule has 1 fully saturated rings. The van der Waals surface area contributed by atoms with E-state index in [0.717, 1.165) is 18.7 Å². The van der Waals surface area contributed by atoms with E-state index in [9.17, 15) is 0 Å². The first-order valence-corrected chi connectivity index (χ1v) is 6.33. The number of aryl methyl sites for hydroxylation is 1. The van der Waals surface area contributed by atoms with E-state index in [-0.39, 0.29) is 0 Å². The predicted octanol–water partition coefficient (Wildman–Crippen LogP) is 2.61. The van der Waals surface area contributed by atoms with Crippen LogP contribution in [0.15, 0.2) is 18.2 Å². The Hall–Kier alpha value is -1.02. The second-order valence-corrected chi connectivity index (χ2v) is 4.79. The highest BCUT2D eigenvalue weighted by Gasteiger charge is 2.11. The first-order valence-electron chi connectivity index (χ1n) is 6.33. The molecular weight excluding hydrogens is 196 g/mol. The van der Waals surface area contributed by atoms with Crippen molar-refractivity contribution in [1.29, 1.82) is 0 Å². The van der Waals surface area contributed by atoms with Crippen molar-refractivity contribution in [3.8, 4) is 0 Å². The highest BCUT2D eigenvalue weighted by atomic mass is 15.1. The maximum atomic E-state index is 6.02. The van der Waals surface area contributed by atoms with E-state index in [4.69, 9.17) is 5.73 Å². The largest absolute Gasteiger partial charge is 0.398 e. The van der Waals surface area contributed by atoms with E-state index in [1.54, 1.807) is 0 Å². The van der Waals surface area contributed by atoms with Gasteiger partial charge in [0.25, 0.3) is 0 Å². The van der Waals surface area contributed by atoms with Crippen molar-refractivity contribution in [2.24, 2.45) is 0 Å². The number of nitrogens with zero attached hydrogens (tertiary/aromatic N) is 1. The lowest BCUT2D eigenvalue weighted by atomic mass is 10.0. The lowest BCUT2D eigenvalue weighted by molar-refractivity contribution is 0.231. The Morgan fingerprint density at radius 2 is 1.94 bits per heavy atom. The van der Waals surface area contributed by atoms with Gasteiger partial charge in [0, 0.05) is 12.2 Å². The third-order valence-corrected chi connectivity index (χ3v) is 3.57. The quantitative estimate of drug-likeness (QED) is 0.790. The summed E-state index contributed by atoms with van der Waals surface area (Å²) in [6, 6.07) is 6.20. The lowest BCUT2D eigenvalue weighted by Gasteiger charge is -2.26. The maximum absolute atomic E-state index is 6.02. The average molecular weight is 218 g/mol. The van der Waals surface area contributed by atoms with Crippen molar-refractivity contribution in [1.82, 2.24) is 4.90 Å². The van der Waals surface area contributed by atoms with Crippen molar-refractivity contribution in [3.63, 3.8) is 0 Å². The van der Waals surface area contributed by atoms with Gasteiger partial charge in [-0.2, -0.15) is 0 Å². The topological polar surface area (TPSA) is 29.3 Å². The number of likely N-dealkylation sites (tertiary alicyclic amines) is 1. The van der Waals surface area contributed by atoms with Gasteiger partial charge in [0.15, 0.2) is 0 Å². The third kappa shape index (κ3) is 2.76. The minimum absolute atomic E-state index is 0.956. The molecule has 0 aromatic heterocycles. The van der Waals surface area contributed by atoms with Crippen LogP contribution in [-0.4, -0.2) is 24.5 Å². The second kappa shape index (κ2) is 5.35. The smallest absolute Gasteiger partial charge is 0.0349 e. The molecule has 1 heterocycles. The van der Waals surface area contributed by atoms with Gasteiger partial charge in [0.1, 0.15) is 0 Å². The van der Waals surface area contributed by atoms with Gasteiger partial charge in [-0.15, -0.1) is 0 Å². The third-order valence-electron chi connectivity index (χ3n) is 3.57. The molecule has 2 N–H and O–H groups in total. The normalized spacial score (nSPS) is 17.6. The molecule has 0 amide bonds. The van der Waals surface area contributed by atoms with Crippen LogP contribution in [0.5, 0.6) is 0 Å². The number of hydrogen-bond donors (Lipinski definition) is 1. The van der Waals surface area contributed by atoms with E-state index in [1.165, 1.54) is 43.5 Å². The van der Waals surface area contributed by atoms with Gasteiger partial charge in [-0.25, -0.2) is 0 Å². The van der Waals surface area contributed by atoms with Gasteiger partial charge in [-0.3, -0.25) is 0 Å². The van der Waals surface area contributed by atoms with E-state index in [1.807, 2.05) is 12.1 Å². The Balaban J connectivity index is 1.93. The highest BCUT2D eigenvalue weighted by molar-refractivity contribution is 5.50. The van der Waals surface area contributed by atoms with Crippen molar-refractivity contribution in [2.45, 2.75) is 32.6 Å². The Morgan fingerprint density at radius 1 is 1.19 bits per heavy atom. The molecule has 16 heavy (non-hydrogen) atoms. The Kier molecular flexibility index (Phi) is 3.83. The molecule has 0 radical (unpaired) electrons. The van der Waals surface area contributed by atoms with Gasteiger partial charge >= 0.3 is 0 Å². The molecule has 1 aliphatic rings. The summed E-state index contributed by atoms with van der Waals surface area (Å²) in [5.41, 5.74) is 9.65. The molecule has 88 valence electrons. The fraction of sp³-hybridized carbons (Fsp3) is 0.571. The van der Waals surface area contributed by atoms with Gasteiger partial charge in [-0.05, 0) is 56.5 Å². The van der Waals surface area contributed by atoms with Crippen LogP contribution in [0, 0.1) is 6.92 Å². The van der Waals surface area contributed by atoms with Gasteiger partial charge in [0.05, 0.1) is 0 Å². The van der Waals surface area contributed by atoms with Crippen molar-refractivity contribution >= 4 is 5.69 Å². The Morgan fingerprint density at radius 3 is 2.62 bits per heavy atom. The molecule has 2 rings (SSSR count). The zero-order chi connectivity index (χ0) is 11.4. The van der Waals surface area contributed by atoms with Crippen molar-refractivity contribution < 1.29 is 0 Å². The molecule has 0 spiro atoms. The van der Waals surface area contributed by atoms with Crippen LogP contribution >= 0.6 is 0 Å². The molecule has 1 aromatic rings. The summed E-state index contributed by atoms with van der Waals surface area (Å²) in [5, 5.41) is 0. The first kappa shape index (κ1) is 11.5. The standard InChI is InChI=1S/C14H22N2/c1-12-6-5-7-14(15)13(12)8-11-16-9-3-2-4-10-16/h5-7H,2-4,8-11,15H2,1H3. The van der Waals surface area contributed by atoms with Crippen molar-refractivity contribution in [2.75, 3.05) is 25.4 Å². The molecule has 0 bridgehead atoms. The molecule has 0 atom stereocenters. The number of rotatable bonds is 3. The van der Waals surface area contributed by atoms with E-state index in [0.29, 0.717) is 0 Å². The summed E-state index contributed by atoms with van der Waals surface area (Å²) in [6.45, 7) is 5.86. The molecular formula is C14H22N2. The fourth-order valence-corrected chi connectivity index (χ4v) is 2.52. The number of anilines is 1. The summed E-state index contributed by atoms with van der Waals surface area (Å²) in [6.07, 6.45) is 5.23. The number of nitrogens with two attached hydrogens (primary N) is 1. The van der Waals surface area contributed by atoms with Crippen LogP contribution in [0.1, 0.15) is 30.4 Å². The molecule has 0 saturated carbocycles. The van der Waals surface area contributed by atoms with Gasteiger partial charge in [0.2, 0.25) is 0 Å². The second-order valence-electron chi connectivity index (χ2n) is 4.79. The van der Waals surface area contributed by atoms with Crippen LogP contribution in [-0.2, 0) is 6.42 Å². The van der Waals surface area contributed by atoms with Crippen LogP contribution in [0.4, 0.5) is 5.69 Å². The first-order chi connectivity index (χ1) is 7.77. The SMILES string of the molecule is Cc1cccc(N)c1CCN1CCCCC1. The summed E-state index contributed by atoms with van der Waals surface area (Å²) < 4.78 is 0. The molecule has 1 aliphatic heterocycles. The monoisotopic (exact) mass is 218 g/mol. The minimum Gasteiger partial charge on any atom is -0.398 e. The van der Waals surface area contributed by atoms with Gasteiger partial charge in [-0.1, -0.05) is 18.6 Å². The molecule has 1 saturated heterocycles. The summed E-state index contributed by atoms with van der Waals surface area (Å²) in [4.78, 5) is 2.56. The summed E-state index contributed by atoms with van der Waals surface area (Å²) >= 11 is 0. The zero-order valence-electron chi connectivity index (χ0n) is 10.2. The predicted molar refractivity (Wildman–Crippen MR) is 69.6 cm³/mol. The van der Waals surface area contributed by atoms with Crippen LogP contribution in [0.3, 0.4) is 0 Å². The number of nitrogen functional groups attached to an aromatic ring is 1. The molecule has 0 unspecified atom stereocenters. The van der Waals surface area contributed by atoms with Crippen molar-refractivity contribution in [3.05, 3.63) is 29.3 Å². The molecule has 0 aliphatic carbocycles. The number of hydrogen-bond acceptors (Lipinski definition) is 2. The molecule has 2 nitrogen and oxygen atoms in total. The minimum atomic E-state index is 0.956. The fourth-order valence-electron chi connectivity index (χ4n) is 2.52. The summed E-state index contributed by atoms with van der Waals surface area (Å²) in [5.74, 6) is 0. The molecule has 1 aromatic carbocycles. The van der Waals surface area contributed by atoms with E-state index < -0.39 is 0 Å². The molecule has 2 heteroatoms. The average Bonchev–Trinajstić information content (AvgIpc) is 2.30. The summed E-state index contributed by atoms with van der Waals surface area (Å²) in [7, 11) is 0. The number of benzene rings is 1. The lowest BCUT2D eigenvalue weighted by Crippen LogP contribution is -2.31.